The standard InChI is InChI=1S/C9H9BrClN3O3/c10-6-5(8(12)15)4-3-13(9(16)17)1-2-14(4)7(6)11/h1-3H2,(H2,12,15)(H,16,17). The zero-order valence-corrected chi connectivity index (χ0v) is 11.0. The van der Waals surface area contributed by atoms with Crippen molar-refractivity contribution in [2.75, 3.05) is 6.54 Å². The van der Waals surface area contributed by atoms with E-state index in [9.17, 15) is 9.59 Å². The number of carbonyl (C=O) groups excluding carboxylic acids is 1. The predicted octanol–water partition coefficient (Wildman–Crippen LogP) is 1.50. The third-order valence-corrected chi connectivity index (χ3v) is 4.10. The topological polar surface area (TPSA) is 88.6 Å². The number of carbonyl (C=O) groups is 2. The van der Waals surface area contributed by atoms with Gasteiger partial charge in [0.1, 0.15) is 5.15 Å². The zero-order valence-electron chi connectivity index (χ0n) is 8.61. The molecule has 0 fully saturated rings. The fourth-order valence-electron chi connectivity index (χ4n) is 1.89. The lowest BCUT2D eigenvalue weighted by molar-refractivity contribution is 0.0992. The van der Waals surface area contributed by atoms with E-state index in [0.717, 1.165) is 0 Å². The molecule has 0 saturated heterocycles. The number of hydrogen-bond donors (Lipinski definition) is 2. The van der Waals surface area contributed by atoms with Crippen LogP contribution in [0.4, 0.5) is 4.79 Å². The highest BCUT2D eigenvalue weighted by Crippen LogP contribution is 2.34. The molecule has 2 heterocycles. The lowest BCUT2D eigenvalue weighted by Gasteiger charge is -2.26. The summed E-state index contributed by atoms with van der Waals surface area (Å²) in [6, 6.07) is 0. The summed E-state index contributed by atoms with van der Waals surface area (Å²) >= 11 is 9.24. The highest BCUT2D eigenvalue weighted by molar-refractivity contribution is 9.10. The van der Waals surface area contributed by atoms with Gasteiger partial charge in [-0.05, 0) is 15.9 Å². The Morgan fingerprint density at radius 3 is 2.59 bits per heavy atom. The number of carboxylic acid groups (broad SMARTS) is 1. The van der Waals surface area contributed by atoms with E-state index in [4.69, 9.17) is 22.4 Å². The van der Waals surface area contributed by atoms with Gasteiger partial charge in [-0.2, -0.15) is 0 Å². The highest BCUT2D eigenvalue weighted by Gasteiger charge is 2.29. The molecule has 0 radical (unpaired) electrons. The Balaban J connectivity index is 2.52. The average molecular weight is 323 g/mol. The molecule has 1 aliphatic heterocycles. The maximum absolute atomic E-state index is 11.3. The van der Waals surface area contributed by atoms with E-state index in [1.54, 1.807) is 4.57 Å². The van der Waals surface area contributed by atoms with Crippen LogP contribution in [0.15, 0.2) is 4.47 Å². The third kappa shape index (κ3) is 1.89. The molecule has 92 valence electrons. The molecule has 0 atom stereocenters. The lowest BCUT2D eigenvalue weighted by Crippen LogP contribution is -2.38. The lowest BCUT2D eigenvalue weighted by atomic mass is 10.2. The maximum atomic E-state index is 11.3. The van der Waals surface area contributed by atoms with Crippen molar-refractivity contribution in [2.24, 2.45) is 5.73 Å². The SMILES string of the molecule is NC(=O)c1c(Br)c(Cl)n2c1CN(C(=O)O)CC2. The largest absolute Gasteiger partial charge is 0.465 e. The van der Waals surface area contributed by atoms with Gasteiger partial charge in [0.15, 0.2) is 0 Å². The Hall–Kier alpha value is -1.21. The van der Waals surface area contributed by atoms with Gasteiger partial charge >= 0.3 is 6.09 Å². The molecule has 1 aliphatic rings. The number of nitrogens with zero attached hydrogens (tertiary/aromatic N) is 2. The second-order valence-electron chi connectivity index (χ2n) is 3.65. The first kappa shape index (κ1) is 12.3. The van der Waals surface area contributed by atoms with E-state index < -0.39 is 12.0 Å². The van der Waals surface area contributed by atoms with Crippen LogP contribution in [0, 0.1) is 0 Å². The van der Waals surface area contributed by atoms with Crippen LogP contribution in [0.2, 0.25) is 5.15 Å². The van der Waals surface area contributed by atoms with Crippen LogP contribution >= 0.6 is 27.5 Å². The minimum Gasteiger partial charge on any atom is -0.465 e. The van der Waals surface area contributed by atoms with Crippen molar-refractivity contribution in [2.45, 2.75) is 13.1 Å². The zero-order chi connectivity index (χ0) is 12.7. The van der Waals surface area contributed by atoms with Crippen LogP contribution < -0.4 is 5.73 Å². The summed E-state index contributed by atoms with van der Waals surface area (Å²) in [6.07, 6.45) is -1.03. The summed E-state index contributed by atoms with van der Waals surface area (Å²) in [5.41, 5.74) is 6.05. The van der Waals surface area contributed by atoms with Crippen molar-refractivity contribution < 1.29 is 14.7 Å². The van der Waals surface area contributed by atoms with Crippen molar-refractivity contribution in [3.8, 4) is 0 Å². The molecule has 2 amide bonds. The molecule has 0 aromatic carbocycles. The first-order chi connectivity index (χ1) is 7.93. The number of fused-ring (bicyclic) bond motifs is 1. The molecule has 1 aromatic heterocycles. The Kier molecular flexibility index (Phi) is 3.05. The third-order valence-electron chi connectivity index (χ3n) is 2.70. The van der Waals surface area contributed by atoms with Gasteiger partial charge in [-0.15, -0.1) is 0 Å². The van der Waals surface area contributed by atoms with Crippen LogP contribution in [-0.2, 0) is 13.1 Å². The molecular weight excluding hydrogens is 313 g/mol. The molecule has 8 heteroatoms. The summed E-state index contributed by atoms with van der Waals surface area (Å²) in [7, 11) is 0. The van der Waals surface area contributed by atoms with Gasteiger partial charge < -0.3 is 20.3 Å². The van der Waals surface area contributed by atoms with E-state index >= 15 is 0 Å². The van der Waals surface area contributed by atoms with Crippen LogP contribution in [0.25, 0.3) is 0 Å². The molecule has 17 heavy (non-hydrogen) atoms. The van der Waals surface area contributed by atoms with Gasteiger partial charge in [0, 0.05) is 13.1 Å². The fraction of sp³-hybridized carbons (Fsp3) is 0.333. The number of aromatic nitrogens is 1. The van der Waals surface area contributed by atoms with Crippen LogP contribution in [0.3, 0.4) is 0 Å². The van der Waals surface area contributed by atoms with Gasteiger partial charge in [0.05, 0.1) is 22.3 Å². The smallest absolute Gasteiger partial charge is 0.407 e. The van der Waals surface area contributed by atoms with E-state index in [0.29, 0.717) is 28.4 Å². The number of amides is 2. The first-order valence-electron chi connectivity index (χ1n) is 4.77. The number of halogens is 2. The first-order valence-corrected chi connectivity index (χ1v) is 5.94. The Bertz CT molecular complexity index is 514. The molecule has 6 nitrogen and oxygen atoms in total. The molecule has 0 spiro atoms. The number of primary amides is 1. The number of hydrogen-bond acceptors (Lipinski definition) is 2. The van der Waals surface area contributed by atoms with E-state index in [1.807, 2.05) is 0 Å². The minimum atomic E-state index is -1.03. The summed E-state index contributed by atoms with van der Waals surface area (Å²) < 4.78 is 2.12. The minimum absolute atomic E-state index is 0.110. The second-order valence-corrected chi connectivity index (χ2v) is 4.80. The molecule has 2 rings (SSSR count). The van der Waals surface area contributed by atoms with Gasteiger partial charge in [-0.3, -0.25) is 4.79 Å². The number of nitrogens with two attached hydrogens (primary N) is 1. The normalized spacial score (nSPS) is 14.6. The van der Waals surface area contributed by atoms with E-state index in [2.05, 4.69) is 15.9 Å². The number of rotatable bonds is 1. The van der Waals surface area contributed by atoms with Crippen molar-refractivity contribution in [3.63, 3.8) is 0 Å². The monoisotopic (exact) mass is 321 g/mol. The van der Waals surface area contributed by atoms with Gasteiger partial charge in [0.25, 0.3) is 5.91 Å². The molecule has 0 saturated carbocycles. The van der Waals surface area contributed by atoms with Gasteiger partial charge in [0.2, 0.25) is 0 Å². The molecule has 3 N–H and O–H groups in total. The molecule has 1 aromatic rings. The Morgan fingerprint density at radius 1 is 1.41 bits per heavy atom. The summed E-state index contributed by atoms with van der Waals surface area (Å²) in [6.45, 7) is 0.854. The van der Waals surface area contributed by atoms with Crippen molar-refractivity contribution in [3.05, 3.63) is 20.9 Å². The Labute approximate surface area is 110 Å². The van der Waals surface area contributed by atoms with Crippen LogP contribution in [0.1, 0.15) is 16.1 Å². The van der Waals surface area contributed by atoms with Crippen LogP contribution in [-0.4, -0.2) is 33.1 Å². The van der Waals surface area contributed by atoms with E-state index in [1.165, 1.54) is 4.90 Å². The predicted molar refractivity (Wildman–Crippen MR) is 64.1 cm³/mol. The van der Waals surface area contributed by atoms with Crippen molar-refractivity contribution in [1.82, 2.24) is 9.47 Å². The maximum Gasteiger partial charge on any atom is 0.407 e. The molecule has 0 aliphatic carbocycles. The van der Waals surface area contributed by atoms with Gasteiger partial charge in [-0.25, -0.2) is 4.79 Å². The van der Waals surface area contributed by atoms with E-state index in [-0.39, 0.29) is 12.1 Å². The highest BCUT2D eigenvalue weighted by atomic mass is 79.9. The summed E-state index contributed by atoms with van der Waals surface area (Å²) in [5.74, 6) is -0.625. The van der Waals surface area contributed by atoms with Crippen molar-refractivity contribution in [1.29, 1.82) is 0 Å². The fourth-order valence-corrected chi connectivity index (χ4v) is 2.81. The summed E-state index contributed by atoms with van der Waals surface area (Å²) in [5, 5.41) is 9.30. The molecule has 0 unspecified atom stereocenters. The second kappa shape index (κ2) is 4.23. The molecule has 0 bridgehead atoms. The quantitative estimate of drug-likeness (QED) is 0.821. The van der Waals surface area contributed by atoms with Crippen LogP contribution in [0.5, 0.6) is 0 Å². The van der Waals surface area contributed by atoms with Gasteiger partial charge in [-0.1, -0.05) is 11.6 Å². The average Bonchev–Trinajstić information content (AvgIpc) is 2.51. The Morgan fingerprint density at radius 2 is 2.06 bits per heavy atom. The summed E-state index contributed by atoms with van der Waals surface area (Å²) in [4.78, 5) is 23.4. The van der Waals surface area contributed by atoms with Crippen molar-refractivity contribution >= 4 is 39.5 Å². The molecular formula is C9H9BrClN3O3.